The van der Waals surface area contributed by atoms with Crippen molar-refractivity contribution in [1.29, 1.82) is 0 Å². The second kappa shape index (κ2) is 7.09. The molecule has 1 saturated heterocycles. The normalized spacial score (nSPS) is 32.6. The van der Waals surface area contributed by atoms with Crippen molar-refractivity contribution in [2.45, 2.75) is 31.7 Å². The SMILES string of the molecule is CC1CC(O)C(CSP(=O)([O-])OP(=O)([O-])OP(=O)([O-])[O-])O1. The summed E-state index contributed by atoms with van der Waals surface area (Å²) in [5.74, 6) is -0.349. The number of rotatable bonds is 7. The second-order valence-corrected chi connectivity index (χ2v) is 10.8. The van der Waals surface area contributed by atoms with Gasteiger partial charge in [0.25, 0.3) is 7.82 Å². The largest absolute Gasteiger partial charge is 0.790 e. The predicted octanol–water partition coefficient (Wildman–Crippen LogP) is -1.94. The molecule has 0 aromatic rings. The van der Waals surface area contributed by atoms with Crippen LogP contribution < -0.4 is 19.6 Å². The molecule has 5 atom stereocenters. The maximum Gasteiger partial charge on any atom is 0.277 e. The predicted molar refractivity (Wildman–Crippen MR) is 62.4 cm³/mol. The molecule has 0 amide bonds. The van der Waals surface area contributed by atoms with Crippen LogP contribution in [-0.4, -0.2) is 29.2 Å². The van der Waals surface area contributed by atoms with Crippen molar-refractivity contribution < 1.29 is 51.7 Å². The van der Waals surface area contributed by atoms with Gasteiger partial charge < -0.3 is 34.0 Å². The molecule has 5 unspecified atom stereocenters. The van der Waals surface area contributed by atoms with Crippen LogP contribution in [0.1, 0.15) is 13.3 Å². The zero-order valence-electron chi connectivity index (χ0n) is 10.4. The summed E-state index contributed by atoms with van der Waals surface area (Å²) in [5, 5.41) is 9.51. The first-order valence-corrected chi connectivity index (χ1v) is 11.4. The summed E-state index contributed by atoms with van der Waals surface area (Å²) in [6.07, 6.45) is -1.79. The van der Waals surface area contributed by atoms with Gasteiger partial charge in [-0.1, -0.05) is 11.4 Å². The fourth-order valence-corrected chi connectivity index (χ4v) is 6.85. The van der Waals surface area contributed by atoms with Crippen molar-refractivity contribution in [2.24, 2.45) is 0 Å². The Kier molecular flexibility index (Phi) is 6.67. The molecule has 126 valence electrons. The highest BCUT2D eigenvalue weighted by Crippen LogP contribution is 2.65. The van der Waals surface area contributed by atoms with Gasteiger partial charge in [0.1, 0.15) is 0 Å². The fraction of sp³-hybridized carbons (Fsp3) is 1.00. The molecule has 1 fully saturated rings. The molecule has 1 aliphatic heterocycles. The maximum absolute atomic E-state index is 11.4. The van der Waals surface area contributed by atoms with Crippen molar-refractivity contribution in [3.05, 3.63) is 0 Å². The van der Waals surface area contributed by atoms with Gasteiger partial charge >= 0.3 is 0 Å². The van der Waals surface area contributed by atoms with Crippen molar-refractivity contribution >= 4 is 33.8 Å². The van der Waals surface area contributed by atoms with Crippen LogP contribution in [0.5, 0.6) is 0 Å². The smallest absolute Gasteiger partial charge is 0.277 e. The van der Waals surface area contributed by atoms with Gasteiger partial charge in [-0.2, -0.15) is 0 Å². The van der Waals surface area contributed by atoms with Gasteiger partial charge in [-0.05, 0) is 6.92 Å². The van der Waals surface area contributed by atoms with Crippen LogP contribution >= 0.6 is 33.8 Å². The van der Waals surface area contributed by atoms with Gasteiger partial charge in [0, 0.05) is 12.2 Å². The van der Waals surface area contributed by atoms with Crippen LogP contribution in [0.3, 0.4) is 0 Å². The minimum Gasteiger partial charge on any atom is -0.790 e. The van der Waals surface area contributed by atoms with E-state index in [1.165, 1.54) is 0 Å². The van der Waals surface area contributed by atoms with E-state index in [4.69, 9.17) is 4.74 Å². The molecule has 1 heterocycles. The summed E-state index contributed by atoms with van der Waals surface area (Å²) in [7, 11) is -11.8. The first kappa shape index (κ1) is 19.8. The Morgan fingerprint density at radius 2 is 1.81 bits per heavy atom. The summed E-state index contributed by atoms with van der Waals surface area (Å²) in [5.41, 5.74) is 0. The zero-order chi connectivity index (χ0) is 16.5. The lowest BCUT2D eigenvalue weighted by molar-refractivity contribution is -0.339. The molecular formula is C6H11O11P3S-4. The standard InChI is InChI=1S/C6H15O11P3S/c1-4-2-5(7)6(15-4)3-21-20(13,14)17-19(11,12)16-18(8,9)10/h4-7H,2-3H2,1H3,(H,11,12)(H,13,14)(H2,8,9,10)/p-4. The first-order chi connectivity index (χ1) is 9.30. The number of aliphatic hydroxyl groups is 1. The Balaban J connectivity index is 2.56. The van der Waals surface area contributed by atoms with Crippen LogP contribution in [0, 0.1) is 0 Å². The van der Waals surface area contributed by atoms with E-state index in [2.05, 4.69) is 8.62 Å². The lowest BCUT2D eigenvalue weighted by atomic mass is 10.2. The number of hydrogen-bond donors (Lipinski definition) is 1. The van der Waals surface area contributed by atoms with Crippen LogP contribution in [0.4, 0.5) is 0 Å². The molecule has 11 nitrogen and oxygen atoms in total. The monoisotopic (exact) mass is 384 g/mol. The Morgan fingerprint density at radius 3 is 2.24 bits per heavy atom. The second-order valence-electron chi connectivity index (χ2n) is 4.09. The molecule has 21 heavy (non-hydrogen) atoms. The minimum absolute atomic E-state index is 0.0186. The van der Waals surface area contributed by atoms with Crippen LogP contribution in [0.2, 0.25) is 0 Å². The van der Waals surface area contributed by atoms with Crippen molar-refractivity contribution in [3.8, 4) is 0 Å². The molecule has 0 saturated carbocycles. The lowest BCUT2D eigenvalue weighted by Crippen LogP contribution is -2.24. The Labute approximate surface area is 123 Å². The van der Waals surface area contributed by atoms with Gasteiger partial charge in [-0.25, -0.2) is 0 Å². The molecule has 0 radical (unpaired) electrons. The molecule has 1 N–H and O–H groups in total. The zero-order valence-corrected chi connectivity index (χ0v) is 13.9. The van der Waals surface area contributed by atoms with E-state index in [1.54, 1.807) is 6.92 Å². The van der Waals surface area contributed by atoms with E-state index in [1.807, 2.05) is 0 Å². The molecular weight excluding hydrogens is 373 g/mol. The van der Waals surface area contributed by atoms with Crippen molar-refractivity contribution in [2.75, 3.05) is 5.75 Å². The maximum atomic E-state index is 11.4. The minimum atomic E-state index is -5.97. The Hall–Kier alpha value is 0.720. The topological polar surface area (TPSA) is 191 Å². The Bertz CT molecular complexity index is 504. The van der Waals surface area contributed by atoms with E-state index in [9.17, 15) is 38.4 Å². The molecule has 0 aromatic heterocycles. The summed E-state index contributed by atoms with van der Waals surface area (Å²) in [6, 6.07) is 0. The average Bonchev–Trinajstić information content (AvgIpc) is 2.48. The summed E-state index contributed by atoms with van der Waals surface area (Å²) in [4.78, 5) is 42.5. The molecule has 0 aromatic carbocycles. The molecule has 0 spiro atoms. The van der Waals surface area contributed by atoms with Gasteiger partial charge in [0.2, 0.25) is 0 Å². The highest BCUT2D eigenvalue weighted by atomic mass is 32.7. The van der Waals surface area contributed by atoms with Gasteiger partial charge in [0.15, 0.2) is 6.80 Å². The highest BCUT2D eigenvalue weighted by molar-refractivity contribution is 8.54. The van der Waals surface area contributed by atoms with Crippen LogP contribution in [0.25, 0.3) is 0 Å². The summed E-state index contributed by atoms with van der Waals surface area (Å²) in [6.45, 7) is -3.47. The van der Waals surface area contributed by atoms with Crippen molar-refractivity contribution in [1.82, 2.24) is 0 Å². The molecule has 0 aliphatic carbocycles. The first-order valence-electron chi connectivity index (χ1n) is 5.34. The molecule has 15 heteroatoms. The molecule has 1 rings (SSSR count). The summed E-state index contributed by atoms with van der Waals surface area (Å²) >= 11 is -0.0186. The number of hydrogen-bond acceptors (Lipinski definition) is 12. The van der Waals surface area contributed by atoms with E-state index >= 15 is 0 Å². The van der Waals surface area contributed by atoms with Gasteiger partial charge in [0.05, 0.1) is 26.1 Å². The lowest BCUT2D eigenvalue weighted by Gasteiger charge is -2.37. The van der Waals surface area contributed by atoms with E-state index in [-0.39, 0.29) is 29.7 Å². The summed E-state index contributed by atoms with van der Waals surface area (Å²) < 4.78 is 44.2. The van der Waals surface area contributed by atoms with Gasteiger partial charge in [-0.15, -0.1) is 0 Å². The highest BCUT2D eigenvalue weighted by Gasteiger charge is 2.33. The van der Waals surface area contributed by atoms with Gasteiger partial charge in [-0.3, -0.25) is 17.8 Å². The number of ether oxygens (including phenoxy) is 1. The van der Waals surface area contributed by atoms with E-state index in [0.29, 0.717) is 0 Å². The third-order valence-electron chi connectivity index (χ3n) is 2.21. The average molecular weight is 384 g/mol. The van der Waals surface area contributed by atoms with Crippen LogP contribution in [-0.2, 0) is 27.1 Å². The Morgan fingerprint density at radius 1 is 1.24 bits per heavy atom. The quantitative estimate of drug-likeness (QED) is 0.478. The number of phosphoric acid groups is 2. The fourth-order valence-electron chi connectivity index (χ4n) is 1.54. The van der Waals surface area contributed by atoms with Crippen LogP contribution in [0.15, 0.2) is 0 Å². The third kappa shape index (κ3) is 7.69. The number of aliphatic hydroxyl groups excluding tert-OH is 1. The molecule has 0 bridgehead atoms. The third-order valence-corrected chi connectivity index (χ3v) is 8.20. The van der Waals surface area contributed by atoms with Crippen molar-refractivity contribution in [3.63, 3.8) is 0 Å². The molecule has 1 aliphatic rings. The van der Waals surface area contributed by atoms with E-state index < -0.39 is 34.7 Å². The van der Waals surface area contributed by atoms with E-state index in [0.717, 1.165) is 0 Å².